The van der Waals surface area contributed by atoms with Gasteiger partial charge in [0.25, 0.3) is 0 Å². The van der Waals surface area contributed by atoms with Gasteiger partial charge in [-0.25, -0.2) is 0 Å². The fourth-order valence-corrected chi connectivity index (χ4v) is 4.40. The van der Waals surface area contributed by atoms with Gasteiger partial charge in [0.1, 0.15) is 23.7 Å². The molecule has 2 aromatic carbocycles. The molecule has 0 aliphatic carbocycles. The highest BCUT2D eigenvalue weighted by Crippen LogP contribution is 2.46. The number of aromatic hydroxyl groups is 1. The summed E-state index contributed by atoms with van der Waals surface area (Å²) in [5, 5.41) is 10.3. The Morgan fingerprint density at radius 2 is 1.82 bits per heavy atom. The van der Waals surface area contributed by atoms with Crippen LogP contribution in [0, 0.1) is 0 Å². The number of benzene rings is 2. The number of phenolic OH excluding ortho intramolecular Hbond substituents is 1. The molecule has 1 aliphatic rings. The van der Waals surface area contributed by atoms with Gasteiger partial charge in [-0.15, -0.1) is 0 Å². The highest BCUT2D eigenvalue weighted by atomic mass is 16.5. The maximum Gasteiger partial charge on any atom is 0.205 e. The molecule has 34 heavy (non-hydrogen) atoms. The monoisotopic (exact) mass is 465 g/mol. The fourth-order valence-electron chi connectivity index (χ4n) is 4.40. The third-order valence-corrected chi connectivity index (χ3v) is 6.08. The Balaban J connectivity index is 1.68. The fraction of sp³-hybridized carbons (Fsp3) is 0.370. The summed E-state index contributed by atoms with van der Waals surface area (Å²) >= 11 is 0. The van der Waals surface area contributed by atoms with E-state index in [1.54, 1.807) is 36.4 Å². The molecule has 2 heterocycles. The molecular formula is C27H31NO6. The second kappa shape index (κ2) is 11.1. The molecule has 0 spiro atoms. The van der Waals surface area contributed by atoms with E-state index in [1.807, 2.05) is 0 Å². The summed E-state index contributed by atoms with van der Waals surface area (Å²) in [7, 11) is 3.05. The number of ketones is 1. The molecule has 1 aliphatic heterocycles. The van der Waals surface area contributed by atoms with Gasteiger partial charge in [-0.3, -0.25) is 9.69 Å². The van der Waals surface area contributed by atoms with Crippen LogP contribution in [0.25, 0.3) is 17.0 Å². The molecule has 1 aromatic heterocycles. The topological polar surface area (TPSA) is 81.4 Å². The van der Waals surface area contributed by atoms with Gasteiger partial charge in [0.2, 0.25) is 5.75 Å². The van der Waals surface area contributed by atoms with Crippen molar-refractivity contribution in [1.82, 2.24) is 4.90 Å². The van der Waals surface area contributed by atoms with E-state index in [0.29, 0.717) is 40.4 Å². The molecule has 0 bridgehead atoms. The third kappa shape index (κ3) is 5.20. The second-order valence-corrected chi connectivity index (χ2v) is 8.33. The number of carbonyl (C=O) groups is 1. The van der Waals surface area contributed by atoms with Gasteiger partial charge < -0.3 is 23.7 Å². The van der Waals surface area contributed by atoms with Crippen molar-refractivity contribution in [2.24, 2.45) is 0 Å². The Hall–Kier alpha value is -3.45. The summed E-state index contributed by atoms with van der Waals surface area (Å²) in [6, 6.07) is 8.43. The molecule has 0 amide bonds. The summed E-state index contributed by atoms with van der Waals surface area (Å²) in [6.07, 6.45) is 9.54. The number of furan rings is 1. The number of allylic oxidation sites excluding steroid dienone is 1. The molecule has 7 nitrogen and oxygen atoms in total. The number of phenols is 1. The van der Waals surface area contributed by atoms with E-state index in [-0.39, 0.29) is 17.1 Å². The number of likely N-dealkylation sites (tertiary alicyclic amines) is 1. The minimum Gasteiger partial charge on any atom is -0.508 e. The Morgan fingerprint density at radius 1 is 1.06 bits per heavy atom. The first-order chi connectivity index (χ1) is 16.6. The van der Waals surface area contributed by atoms with Gasteiger partial charge in [0.15, 0.2) is 17.1 Å². The van der Waals surface area contributed by atoms with E-state index < -0.39 is 0 Å². The lowest BCUT2D eigenvalue weighted by atomic mass is 10.0. The first-order valence-electron chi connectivity index (χ1n) is 11.6. The van der Waals surface area contributed by atoms with Crippen molar-refractivity contribution in [3.63, 3.8) is 0 Å². The van der Waals surface area contributed by atoms with Crippen LogP contribution >= 0.6 is 0 Å². The number of hydrogen-bond donors (Lipinski definition) is 1. The number of nitrogens with zero attached hydrogens (tertiary/aromatic N) is 1. The summed E-state index contributed by atoms with van der Waals surface area (Å²) in [5.41, 5.74) is 1.45. The molecule has 4 rings (SSSR count). The smallest absolute Gasteiger partial charge is 0.205 e. The lowest BCUT2D eigenvalue weighted by molar-refractivity contribution is 0.103. The van der Waals surface area contributed by atoms with Crippen LogP contribution in [0.2, 0.25) is 0 Å². The predicted molar refractivity (Wildman–Crippen MR) is 131 cm³/mol. The van der Waals surface area contributed by atoms with E-state index in [2.05, 4.69) is 4.90 Å². The Kier molecular flexibility index (Phi) is 7.75. The highest BCUT2D eigenvalue weighted by Gasteiger charge is 2.28. The maximum absolute atomic E-state index is 13.4. The molecule has 0 radical (unpaired) electrons. The quantitative estimate of drug-likeness (QED) is 0.339. The third-order valence-electron chi connectivity index (χ3n) is 6.08. The standard InChI is InChI=1S/C27H31NO6/c1-31-24-21-12-16-33-25(21)27(32-2)26(34-17-15-28-13-5-3-4-6-14-28)23(24)22(30)11-10-19-8-7-9-20(29)18-19/h7-12,16,18,29H,3-6,13-15,17H2,1-2H3/b11-10-. The van der Waals surface area contributed by atoms with Crippen molar-refractivity contribution in [1.29, 1.82) is 0 Å². The molecule has 180 valence electrons. The van der Waals surface area contributed by atoms with E-state index in [0.717, 1.165) is 19.6 Å². The highest BCUT2D eigenvalue weighted by molar-refractivity contribution is 6.15. The van der Waals surface area contributed by atoms with Crippen LogP contribution in [-0.4, -0.2) is 56.3 Å². The van der Waals surface area contributed by atoms with E-state index in [9.17, 15) is 9.90 Å². The van der Waals surface area contributed by atoms with Crippen LogP contribution < -0.4 is 14.2 Å². The summed E-state index contributed by atoms with van der Waals surface area (Å²) < 4.78 is 23.2. The van der Waals surface area contributed by atoms with Gasteiger partial charge in [-0.1, -0.05) is 31.1 Å². The molecule has 0 atom stereocenters. The van der Waals surface area contributed by atoms with Crippen molar-refractivity contribution in [3.8, 4) is 23.0 Å². The van der Waals surface area contributed by atoms with Crippen LogP contribution in [-0.2, 0) is 0 Å². The predicted octanol–water partition coefficient (Wildman–Crippen LogP) is 5.31. The normalized spacial score (nSPS) is 14.9. The zero-order chi connectivity index (χ0) is 23.9. The number of rotatable bonds is 9. The molecule has 1 saturated heterocycles. The van der Waals surface area contributed by atoms with Crippen molar-refractivity contribution < 1.29 is 28.5 Å². The Bertz CT molecular complexity index is 1160. The van der Waals surface area contributed by atoms with Gasteiger partial charge in [-0.05, 0) is 55.8 Å². The lowest BCUT2D eigenvalue weighted by Crippen LogP contribution is -2.29. The van der Waals surface area contributed by atoms with Crippen LogP contribution in [0.4, 0.5) is 0 Å². The first kappa shape index (κ1) is 23.7. The number of hydrogen-bond acceptors (Lipinski definition) is 7. The minimum absolute atomic E-state index is 0.131. The molecule has 0 unspecified atom stereocenters. The number of fused-ring (bicyclic) bond motifs is 1. The van der Waals surface area contributed by atoms with Crippen molar-refractivity contribution >= 4 is 22.8 Å². The van der Waals surface area contributed by atoms with E-state index in [1.165, 1.54) is 52.2 Å². The van der Waals surface area contributed by atoms with Crippen molar-refractivity contribution in [2.45, 2.75) is 25.7 Å². The Labute approximate surface area is 199 Å². The van der Waals surface area contributed by atoms with Crippen LogP contribution in [0.1, 0.15) is 41.6 Å². The molecular weight excluding hydrogens is 434 g/mol. The van der Waals surface area contributed by atoms with E-state index >= 15 is 0 Å². The summed E-state index contributed by atoms with van der Waals surface area (Å²) in [4.78, 5) is 15.8. The number of methoxy groups -OCH3 is 2. The van der Waals surface area contributed by atoms with Crippen LogP contribution in [0.3, 0.4) is 0 Å². The van der Waals surface area contributed by atoms with Gasteiger partial charge in [-0.2, -0.15) is 0 Å². The lowest BCUT2D eigenvalue weighted by Gasteiger charge is -2.22. The summed E-state index contributed by atoms with van der Waals surface area (Å²) in [5.74, 6) is 0.880. The van der Waals surface area contributed by atoms with Crippen molar-refractivity contribution in [3.05, 3.63) is 53.8 Å². The second-order valence-electron chi connectivity index (χ2n) is 8.33. The largest absolute Gasteiger partial charge is 0.508 e. The first-order valence-corrected chi connectivity index (χ1v) is 11.6. The van der Waals surface area contributed by atoms with Crippen LogP contribution in [0.15, 0.2) is 47.1 Å². The van der Waals surface area contributed by atoms with Gasteiger partial charge in [0.05, 0.1) is 25.9 Å². The molecule has 3 aromatic rings. The average Bonchev–Trinajstić information content (AvgIpc) is 3.18. The van der Waals surface area contributed by atoms with Gasteiger partial charge >= 0.3 is 0 Å². The molecule has 7 heteroatoms. The number of ether oxygens (including phenoxy) is 3. The average molecular weight is 466 g/mol. The molecule has 1 N–H and O–H groups in total. The summed E-state index contributed by atoms with van der Waals surface area (Å²) in [6.45, 7) is 3.27. The number of carbonyl (C=O) groups excluding carboxylic acids is 1. The maximum atomic E-state index is 13.4. The zero-order valence-corrected chi connectivity index (χ0v) is 19.7. The van der Waals surface area contributed by atoms with Crippen molar-refractivity contribution in [2.75, 3.05) is 40.5 Å². The SMILES string of the molecule is COc1c(C(=O)/C=C\c2cccc(O)c2)c(OCCN2CCCCCC2)c(OC)c2occc12. The van der Waals surface area contributed by atoms with E-state index in [4.69, 9.17) is 18.6 Å². The molecule has 1 fully saturated rings. The minimum atomic E-state index is -0.300. The Morgan fingerprint density at radius 3 is 2.53 bits per heavy atom. The van der Waals surface area contributed by atoms with Crippen LogP contribution in [0.5, 0.6) is 23.0 Å². The zero-order valence-electron chi connectivity index (χ0n) is 19.7. The molecule has 0 saturated carbocycles. The van der Waals surface area contributed by atoms with Gasteiger partial charge in [0, 0.05) is 6.54 Å².